The number of hydrogen-bond acceptors (Lipinski definition) is 3. The Bertz CT molecular complexity index is 310. The molecule has 1 atom stereocenters. The highest BCUT2D eigenvalue weighted by atomic mass is 32.2. The number of thioether (sulfide) groups is 1. The van der Waals surface area contributed by atoms with E-state index in [9.17, 15) is 13.2 Å². The predicted molar refractivity (Wildman–Crippen MR) is 52.6 cm³/mol. The number of aryl methyl sites for hydroxylation is 1. The van der Waals surface area contributed by atoms with Crippen molar-refractivity contribution >= 4 is 11.8 Å². The summed E-state index contributed by atoms with van der Waals surface area (Å²) in [4.78, 5) is 3.84. The van der Waals surface area contributed by atoms with Crippen LogP contribution >= 0.6 is 11.8 Å². The summed E-state index contributed by atoms with van der Waals surface area (Å²) in [5.41, 5.74) is 5.15. The van der Waals surface area contributed by atoms with Crippen LogP contribution in [0, 0.1) is 0 Å². The van der Waals surface area contributed by atoms with E-state index in [-0.39, 0.29) is 13.0 Å². The average Bonchev–Trinajstić information content (AvgIpc) is 2.49. The van der Waals surface area contributed by atoms with Crippen molar-refractivity contribution in [3.63, 3.8) is 0 Å². The van der Waals surface area contributed by atoms with Crippen molar-refractivity contribution in [1.82, 2.24) is 9.55 Å². The summed E-state index contributed by atoms with van der Waals surface area (Å²) >= 11 is 0.700. The maximum atomic E-state index is 12.5. The molecule has 1 aromatic rings. The largest absolute Gasteiger partial charge is 0.401 e. The van der Waals surface area contributed by atoms with Gasteiger partial charge < -0.3 is 10.3 Å². The number of nitrogens with two attached hydrogens (primary N) is 1. The third-order valence-electron chi connectivity index (χ3n) is 1.82. The number of hydrogen-bond donors (Lipinski definition) is 1. The minimum Gasteiger partial charge on any atom is -0.330 e. The van der Waals surface area contributed by atoms with Crippen molar-refractivity contribution in [2.75, 3.05) is 6.54 Å². The molecule has 86 valence electrons. The van der Waals surface area contributed by atoms with Crippen LogP contribution in [-0.4, -0.2) is 27.5 Å². The summed E-state index contributed by atoms with van der Waals surface area (Å²) in [5.74, 6) is 0. The molecule has 0 aromatic carbocycles. The van der Waals surface area contributed by atoms with Gasteiger partial charge in [0.05, 0.1) is 0 Å². The quantitative estimate of drug-likeness (QED) is 0.815. The van der Waals surface area contributed by atoms with Gasteiger partial charge in [-0.15, -0.1) is 0 Å². The second kappa shape index (κ2) is 4.89. The van der Waals surface area contributed by atoms with Gasteiger partial charge >= 0.3 is 6.18 Å². The minimum atomic E-state index is -4.24. The molecule has 0 amide bonds. The fraction of sp³-hybridized carbons (Fsp3) is 0.625. The number of aromatic nitrogens is 2. The van der Waals surface area contributed by atoms with Crippen molar-refractivity contribution in [2.24, 2.45) is 12.8 Å². The molecule has 3 nitrogen and oxygen atoms in total. The van der Waals surface area contributed by atoms with Crippen molar-refractivity contribution in [3.8, 4) is 0 Å². The predicted octanol–water partition coefficient (Wildman–Crippen LogP) is 1.79. The average molecular weight is 239 g/mol. The summed E-state index contributed by atoms with van der Waals surface area (Å²) < 4.78 is 39.1. The van der Waals surface area contributed by atoms with Gasteiger partial charge in [0, 0.05) is 19.4 Å². The first-order valence-electron chi connectivity index (χ1n) is 4.36. The SMILES string of the molecule is Cn1ccnc1SC(CCN)C(F)(F)F. The smallest absolute Gasteiger partial charge is 0.330 e. The minimum absolute atomic E-state index is 0.0155. The lowest BCUT2D eigenvalue weighted by Crippen LogP contribution is -2.28. The van der Waals surface area contributed by atoms with E-state index in [0.29, 0.717) is 16.9 Å². The van der Waals surface area contributed by atoms with Gasteiger partial charge in [-0.3, -0.25) is 0 Å². The zero-order valence-corrected chi connectivity index (χ0v) is 8.98. The van der Waals surface area contributed by atoms with Crippen LogP contribution in [0.5, 0.6) is 0 Å². The third-order valence-corrected chi connectivity index (χ3v) is 3.21. The molecular formula is C8H12F3N3S. The fourth-order valence-electron chi connectivity index (χ4n) is 1.03. The van der Waals surface area contributed by atoms with Gasteiger partial charge in [0.1, 0.15) is 5.25 Å². The van der Waals surface area contributed by atoms with E-state index in [1.165, 1.54) is 6.20 Å². The fourth-order valence-corrected chi connectivity index (χ4v) is 2.02. The monoisotopic (exact) mass is 239 g/mol. The van der Waals surface area contributed by atoms with Gasteiger partial charge in [-0.05, 0) is 13.0 Å². The van der Waals surface area contributed by atoms with E-state index < -0.39 is 11.4 Å². The lowest BCUT2D eigenvalue weighted by molar-refractivity contribution is -0.129. The van der Waals surface area contributed by atoms with E-state index in [0.717, 1.165) is 0 Å². The van der Waals surface area contributed by atoms with Gasteiger partial charge in [-0.2, -0.15) is 13.2 Å². The zero-order chi connectivity index (χ0) is 11.5. The molecular weight excluding hydrogens is 227 g/mol. The lowest BCUT2D eigenvalue weighted by atomic mass is 10.3. The molecule has 1 heterocycles. The van der Waals surface area contributed by atoms with E-state index in [4.69, 9.17) is 5.73 Å². The van der Waals surface area contributed by atoms with Crippen LogP contribution in [0.15, 0.2) is 17.6 Å². The molecule has 1 aromatic heterocycles. The first-order valence-corrected chi connectivity index (χ1v) is 5.24. The van der Waals surface area contributed by atoms with E-state index in [2.05, 4.69) is 4.98 Å². The highest BCUT2D eigenvalue weighted by Gasteiger charge is 2.40. The second-order valence-electron chi connectivity index (χ2n) is 3.05. The standard InChI is InChI=1S/C8H12F3N3S/c1-14-5-4-13-7(14)15-6(2-3-12)8(9,10)11/h4-6H,2-3,12H2,1H3. The first kappa shape index (κ1) is 12.4. The van der Waals surface area contributed by atoms with Gasteiger partial charge in [0.25, 0.3) is 0 Å². The summed E-state index contributed by atoms with van der Waals surface area (Å²) in [6.07, 6.45) is -1.26. The molecule has 1 rings (SSSR count). The second-order valence-corrected chi connectivity index (χ2v) is 4.22. The van der Waals surface area contributed by atoms with Crippen LogP contribution in [0.25, 0.3) is 0 Å². The Morgan fingerprint density at radius 3 is 2.67 bits per heavy atom. The zero-order valence-electron chi connectivity index (χ0n) is 8.16. The molecule has 0 fully saturated rings. The number of halogens is 3. The molecule has 0 aliphatic heterocycles. The molecule has 0 spiro atoms. The summed E-state index contributed by atoms with van der Waals surface area (Å²) in [6, 6.07) is 0. The molecule has 1 unspecified atom stereocenters. The Labute approximate surface area is 89.9 Å². The summed E-state index contributed by atoms with van der Waals surface area (Å²) in [7, 11) is 1.66. The van der Waals surface area contributed by atoms with Crippen LogP contribution in [0.2, 0.25) is 0 Å². The van der Waals surface area contributed by atoms with Gasteiger partial charge in [0.15, 0.2) is 5.16 Å². The van der Waals surface area contributed by atoms with E-state index in [1.807, 2.05) is 0 Å². The summed E-state index contributed by atoms with van der Waals surface area (Å²) in [6.45, 7) is 0.0155. The Balaban J connectivity index is 2.71. The van der Waals surface area contributed by atoms with Crippen molar-refractivity contribution < 1.29 is 13.2 Å². The van der Waals surface area contributed by atoms with Crippen LogP contribution < -0.4 is 5.73 Å². The lowest BCUT2D eigenvalue weighted by Gasteiger charge is -2.18. The van der Waals surface area contributed by atoms with E-state index >= 15 is 0 Å². The van der Waals surface area contributed by atoms with Crippen LogP contribution in [0.4, 0.5) is 13.2 Å². The van der Waals surface area contributed by atoms with Crippen LogP contribution in [0.3, 0.4) is 0 Å². The van der Waals surface area contributed by atoms with Crippen molar-refractivity contribution in [2.45, 2.75) is 23.0 Å². The molecule has 0 aliphatic carbocycles. The highest BCUT2D eigenvalue weighted by Crippen LogP contribution is 2.35. The number of rotatable bonds is 4. The molecule has 0 aliphatic rings. The molecule has 0 bridgehead atoms. The Morgan fingerprint density at radius 2 is 2.27 bits per heavy atom. The van der Waals surface area contributed by atoms with Crippen LogP contribution in [-0.2, 0) is 7.05 Å². The normalized spacial score (nSPS) is 14.2. The Morgan fingerprint density at radius 1 is 1.60 bits per heavy atom. The number of nitrogens with zero attached hydrogens (tertiary/aromatic N) is 2. The van der Waals surface area contributed by atoms with Gasteiger partial charge in [-0.25, -0.2) is 4.98 Å². The van der Waals surface area contributed by atoms with Crippen molar-refractivity contribution in [1.29, 1.82) is 0 Å². The first-order chi connectivity index (χ1) is 6.95. The number of imidazole rings is 1. The van der Waals surface area contributed by atoms with Gasteiger partial charge in [-0.1, -0.05) is 11.8 Å². The Hall–Kier alpha value is -0.690. The summed E-state index contributed by atoms with van der Waals surface area (Å²) in [5, 5.41) is -1.13. The molecule has 0 radical (unpaired) electrons. The third kappa shape index (κ3) is 3.42. The Kier molecular flexibility index (Phi) is 4.04. The maximum Gasteiger partial charge on any atom is 0.401 e. The van der Waals surface area contributed by atoms with Crippen LogP contribution in [0.1, 0.15) is 6.42 Å². The number of alkyl halides is 3. The molecule has 0 saturated heterocycles. The molecule has 7 heteroatoms. The molecule has 15 heavy (non-hydrogen) atoms. The van der Waals surface area contributed by atoms with Crippen molar-refractivity contribution in [3.05, 3.63) is 12.4 Å². The van der Waals surface area contributed by atoms with Gasteiger partial charge in [0.2, 0.25) is 0 Å². The topological polar surface area (TPSA) is 43.8 Å². The highest BCUT2D eigenvalue weighted by molar-refractivity contribution is 7.99. The van der Waals surface area contributed by atoms with E-state index in [1.54, 1.807) is 17.8 Å². The maximum absolute atomic E-state index is 12.5. The molecule has 2 N–H and O–H groups in total. The molecule has 0 saturated carbocycles.